The van der Waals surface area contributed by atoms with Crippen LogP contribution in [0.4, 0.5) is 0 Å². The number of fused-ring (bicyclic) bond motifs is 1. The predicted octanol–water partition coefficient (Wildman–Crippen LogP) is 3.52. The smallest absolute Gasteiger partial charge is 0.184 e. The van der Waals surface area contributed by atoms with E-state index in [1.807, 2.05) is 43.3 Å². The van der Waals surface area contributed by atoms with Crippen LogP contribution in [0.25, 0.3) is 0 Å². The lowest BCUT2D eigenvalue weighted by Crippen LogP contribution is -2.12. The highest BCUT2D eigenvalue weighted by Gasteiger charge is 2.23. The minimum Gasteiger partial charge on any atom is -0.372 e. The van der Waals surface area contributed by atoms with Gasteiger partial charge in [-0.05, 0) is 29.7 Å². The predicted molar refractivity (Wildman–Crippen MR) is 78.8 cm³/mol. The molecule has 0 saturated heterocycles. The SMILES string of the molecule is Cc1cccc(C(C#N)C(=O)c2ccc3c(c2)COC3)c1. The van der Waals surface area contributed by atoms with Gasteiger partial charge in [0.1, 0.15) is 5.92 Å². The maximum Gasteiger partial charge on any atom is 0.184 e. The van der Waals surface area contributed by atoms with Gasteiger partial charge in [0.2, 0.25) is 0 Å². The van der Waals surface area contributed by atoms with Crippen LogP contribution in [0.15, 0.2) is 42.5 Å². The molecule has 3 rings (SSSR count). The molecule has 2 aromatic rings. The van der Waals surface area contributed by atoms with Crippen LogP contribution in [0, 0.1) is 18.3 Å². The Kier molecular flexibility index (Phi) is 3.55. The number of aryl methyl sites for hydroxylation is 1. The normalized spacial score (nSPS) is 14.3. The molecule has 0 N–H and O–H groups in total. The van der Waals surface area contributed by atoms with Crippen molar-refractivity contribution in [3.63, 3.8) is 0 Å². The molecule has 0 amide bonds. The Morgan fingerprint density at radius 3 is 2.76 bits per heavy atom. The third-order valence-corrected chi connectivity index (χ3v) is 3.77. The molecule has 104 valence electrons. The quantitative estimate of drug-likeness (QED) is 0.807. The molecule has 0 radical (unpaired) electrons. The van der Waals surface area contributed by atoms with Crippen molar-refractivity contribution in [3.8, 4) is 6.07 Å². The molecule has 0 spiro atoms. The molecule has 1 heterocycles. The molecule has 0 aromatic heterocycles. The number of nitrogens with zero attached hydrogens (tertiary/aromatic N) is 1. The van der Waals surface area contributed by atoms with Crippen molar-refractivity contribution in [2.75, 3.05) is 0 Å². The van der Waals surface area contributed by atoms with Crippen LogP contribution in [-0.2, 0) is 18.0 Å². The zero-order chi connectivity index (χ0) is 14.8. The van der Waals surface area contributed by atoms with Gasteiger partial charge >= 0.3 is 0 Å². The first-order valence-corrected chi connectivity index (χ1v) is 6.89. The van der Waals surface area contributed by atoms with Gasteiger partial charge in [-0.25, -0.2) is 0 Å². The van der Waals surface area contributed by atoms with E-state index in [1.165, 1.54) is 0 Å². The summed E-state index contributed by atoms with van der Waals surface area (Å²) in [5, 5.41) is 9.40. The highest BCUT2D eigenvalue weighted by molar-refractivity contribution is 6.03. The molecule has 3 nitrogen and oxygen atoms in total. The lowest BCUT2D eigenvalue weighted by atomic mass is 9.90. The van der Waals surface area contributed by atoms with Crippen LogP contribution in [0.3, 0.4) is 0 Å². The summed E-state index contributed by atoms with van der Waals surface area (Å²) in [5.74, 6) is -0.914. The molecule has 1 atom stereocenters. The number of hydrogen-bond acceptors (Lipinski definition) is 3. The van der Waals surface area contributed by atoms with Gasteiger partial charge in [-0.3, -0.25) is 4.79 Å². The van der Waals surface area contributed by atoms with E-state index in [9.17, 15) is 10.1 Å². The molecule has 1 aliphatic rings. The minimum atomic E-state index is -0.759. The first-order chi connectivity index (χ1) is 10.2. The summed E-state index contributed by atoms with van der Waals surface area (Å²) in [7, 11) is 0. The molecule has 0 bridgehead atoms. The van der Waals surface area contributed by atoms with Crippen molar-refractivity contribution >= 4 is 5.78 Å². The number of nitriles is 1. The summed E-state index contributed by atoms with van der Waals surface area (Å²) in [4.78, 5) is 12.6. The van der Waals surface area contributed by atoms with Gasteiger partial charge in [-0.1, -0.05) is 42.0 Å². The van der Waals surface area contributed by atoms with Crippen molar-refractivity contribution in [2.24, 2.45) is 0 Å². The number of rotatable bonds is 3. The molecule has 1 aliphatic heterocycles. The van der Waals surface area contributed by atoms with Gasteiger partial charge in [0.15, 0.2) is 5.78 Å². The average Bonchev–Trinajstić information content (AvgIpc) is 2.95. The molecule has 0 fully saturated rings. The molecular formula is C18H15NO2. The van der Waals surface area contributed by atoms with E-state index >= 15 is 0 Å². The third-order valence-electron chi connectivity index (χ3n) is 3.77. The van der Waals surface area contributed by atoms with Crippen LogP contribution in [-0.4, -0.2) is 5.78 Å². The summed E-state index contributed by atoms with van der Waals surface area (Å²) < 4.78 is 5.36. The second-order valence-corrected chi connectivity index (χ2v) is 5.32. The van der Waals surface area contributed by atoms with Crippen LogP contribution in [0.2, 0.25) is 0 Å². The highest BCUT2D eigenvalue weighted by Crippen LogP contribution is 2.25. The summed E-state index contributed by atoms with van der Waals surface area (Å²) in [5.41, 5.74) is 4.53. The molecule has 0 aliphatic carbocycles. The number of carbonyl (C=O) groups excluding carboxylic acids is 1. The van der Waals surface area contributed by atoms with Gasteiger partial charge in [0.05, 0.1) is 19.3 Å². The largest absolute Gasteiger partial charge is 0.372 e. The number of hydrogen-bond donors (Lipinski definition) is 0. The first-order valence-electron chi connectivity index (χ1n) is 6.89. The average molecular weight is 277 g/mol. The van der Waals surface area contributed by atoms with E-state index in [2.05, 4.69) is 6.07 Å². The lowest BCUT2D eigenvalue weighted by Gasteiger charge is -2.10. The number of carbonyl (C=O) groups is 1. The number of ketones is 1. The molecule has 21 heavy (non-hydrogen) atoms. The van der Waals surface area contributed by atoms with Gasteiger partial charge in [-0.15, -0.1) is 0 Å². The lowest BCUT2D eigenvalue weighted by molar-refractivity contribution is 0.0978. The Hall–Kier alpha value is -2.44. The molecular weight excluding hydrogens is 262 g/mol. The van der Waals surface area contributed by atoms with Crippen molar-refractivity contribution in [2.45, 2.75) is 26.1 Å². The second kappa shape index (κ2) is 5.51. The van der Waals surface area contributed by atoms with Crippen molar-refractivity contribution in [1.29, 1.82) is 5.26 Å². The molecule has 2 aromatic carbocycles. The van der Waals surface area contributed by atoms with Crippen molar-refractivity contribution in [3.05, 3.63) is 70.3 Å². The van der Waals surface area contributed by atoms with E-state index < -0.39 is 5.92 Å². The Morgan fingerprint density at radius 1 is 1.19 bits per heavy atom. The van der Waals surface area contributed by atoms with Crippen molar-refractivity contribution in [1.82, 2.24) is 0 Å². The van der Waals surface area contributed by atoms with Crippen molar-refractivity contribution < 1.29 is 9.53 Å². The minimum absolute atomic E-state index is 0.155. The monoisotopic (exact) mass is 277 g/mol. The van der Waals surface area contributed by atoms with E-state index in [-0.39, 0.29) is 5.78 Å². The maximum absolute atomic E-state index is 12.6. The van der Waals surface area contributed by atoms with E-state index in [0.717, 1.165) is 22.3 Å². The summed E-state index contributed by atoms with van der Waals surface area (Å²) in [6.45, 7) is 3.09. The maximum atomic E-state index is 12.6. The standard InChI is InChI=1S/C18H15NO2/c1-12-3-2-4-13(7-12)17(9-19)18(20)14-5-6-15-10-21-11-16(15)8-14/h2-8,17H,10-11H2,1H3. The zero-order valence-electron chi connectivity index (χ0n) is 11.8. The fraction of sp³-hybridized carbons (Fsp3) is 0.222. The Labute approximate surface area is 123 Å². The number of ether oxygens (including phenoxy) is 1. The van der Waals surface area contributed by atoms with Crippen LogP contribution in [0.5, 0.6) is 0 Å². The van der Waals surface area contributed by atoms with E-state index in [4.69, 9.17) is 4.74 Å². The number of benzene rings is 2. The second-order valence-electron chi connectivity index (χ2n) is 5.32. The van der Waals surface area contributed by atoms with Gasteiger partial charge in [0.25, 0.3) is 0 Å². The molecule has 0 saturated carbocycles. The highest BCUT2D eigenvalue weighted by atomic mass is 16.5. The van der Waals surface area contributed by atoms with Gasteiger partial charge < -0.3 is 4.74 Å². The molecule has 3 heteroatoms. The topological polar surface area (TPSA) is 50.1 Å². The Balaban J connectivity index is 1.95. The summed E-state index contributed by atoms with van der Waals surface area (Å²) in [6, 6.07) is 15.2. The third kappa shape index (κ3) is 2.58. The Bertz CT molecular complexity index is 743. The summed E-state index contributed by atoms with van der Waals surface area (Å²) in [6.07, 6.45) is 0. The fourth-order valence-electron chi connectivity index (χ4n) is 2.63. The van der Waals surface area contributed by atoms with Gasteiger partial charge in [0, 0.05) is 5.56 Å². The van der Waals surface area contributed by atoms with E-state index in [0.29, 0.717) is 18.8 Å². The van der Waals surface area contributed by atoms with Crippen LogP contribution in [0.1, 0.15) is 38.5 Å². The summed E-state index contributed by atoms with van der Waals surface area (Å²) >= 11 is 0. The first kappa shape index (κ1) is 13.5. The zero-order valence-corrected chi connectivity index (χ0v) is 11.8. The van der Waals surface area contributed by atoms with Crippen LogP contribution >= 0.6 is 0 Å². The fourth-order valence-corrected chi connectivity index (χ4v) is 2.63. The van der Waals surface area contributed by atoms with Crippen LogP contribution < -0.4 is 0 Å². The van der Waals surface area contributed by atoms with Gasteiger partial charge in [-0.2, -0.15) is 5.26 Å². The number of Topliss-reactive ketones (excluding diaryl/α,β-unsaturated/α-hetero) is 1. The van der Waals surface area contributed by atoms with E-state index in [1.54, 1.807) is 6.07 Å². The Morgan fingerprint density at radius 2 is 2.00 bits per heavy atom. The molecule has 1 unspecified atom stereocenters.